The van der Waals surface area contributed by atoms with E-state index in [0.717, 1.165) is 16.5 Å². The molecule has 3 aromatic rings. The van der Waals surface area contributed by atoms with Crippen LogP contribution in [0.3, 0.4) is 0 Å². The highest BCUT2D eigenvalue weighted by Crippen LogP contribution is 2.20. The Balaban J connectivity index is 1.34. The van der Waals surface area contributed by atoms with Gasteiger partial charge in [0, 0.05) is 35.2 Å². The van der Waals surface area contributed by atoms with Crippen molar-refractivity contribution in [1.82, 2.24) is 9.71 Å². The summed E-state index contributed by atoms with van der Waals surface area (Å²) in [6.07, 6.45) is 3.04. The van der Waals surface area contributed by atoms with Gasteiger partial charge in [-0.15, -0.1) is 0 Å². The molecule has 0 aliphatic carbocycles. The maximum absolute atomic E-state index is 12.5. The topological polar surface area (TPSA) is 125 Å². The van der Waals surface area contributed by atoms with Crippen molar-refractivity contribution < 1.29 is 21.6 Å². The molecule has 0 unspecified atom stereocenters. The van der Waals surface area contributed by atoms with Crippen molar-refractivity contribution in [2.24, 2.45) is 0 Å². The smallest absolute Gasteiger partial charge is 0.240 e. The number of anilines is 1. The SMILES string of the molecule is O=C(CCc1c[nH]c2ccccc12)Nc1ccc(S(=O)(=O)N[C@H]2CCS(=O)(=O)C2)cc1. The lowest BCUT2D eigenvalue weighted by atomic mass is 10.1. The summed E-state index contributed by atoms with van der Waals surface area (Å²) in [6.45, 7) is 0. The molecule has 1 saturated heterocycles. The van der Waals surface area contributed by atoms with Gasteiger partial charge in [-0.1, -0.05) is 18.2 Å². The van der Waals surface area contributed by atoms with Gasteiger partial charge in [0.25, 0.3) is 0 Å². The Labute approximate surface area is 181 Å². The van der Waals surface area contributed by atoms with E-state index >= 15 is 0 Å². The number of aromatic amines is 1. The molecule has 2 aromatic carbocycles. The number of nitrogens with one attached hydrogen (secondary N) is 3. The van der Waals surface area contributed by atoms with Gasteiger partial charge in [0.15, 0.2) is 9.84 Å². The van der Waals surface area contributed by atoms with Gasteiger partial charge in [-0.3, -0.25) is 4.79 Å². The van der Waals surface area contributed by atoms with Gasteiger partial charge < -0.3 is 10.3 Å². The molecule has 1 amide bonds. The molecule has 10 heteroatoms. The minimum Gasteiger partial charge on any atom is -0.361 e. The Morgan fingerprint density at radius 2 is 1.84 bits per heavy atom. The second-order valence-electron chi connectivity index (χ2n) is 7.65. The quantitative estimate of drug-likeness (QED) is 0.497. The molecule has 0 saturated carbocycles. The number of hydrogen-bond acceptors (Lipinski definition) is 5. The largest absolute Gasteiger partial charge is 0.361 e. The number of aryl methyl sites for hydroxylation is 1. The molecule has 0 spiro atoms. The maximum atomic E-state index is 12.5. The molecule has 1 atom stereocenters. The van der Waals surface area contributed by atoms with Gasteiger partial charge in [0.2, 0.25) is 15.9 Å². The van der Waals surface area contributed by atoms with Crippen LogP contribution in [0.25, 0.3) is 10.9 Å². The third kappa shape index (κ3) is 5.15. The predicted molar refractivity (Wildman–Crippen MR) is 119 cm³/mol. The molecule has 2 heterocycles. The molecule has 1 aliphatic heterocycles. The first-order valence-corrected chi connectivity index (χ1v) is 13.2. The number of hydrogen-bond donors (Lipinski definition) is 3. The van der Waals surface area contributed by atoms with Crippen molar-refractivity contribution in [1.29, 1.82) is 0 Å². The van der Waals surface area contributed by atoms with Crippen LogP contribution in [-0.4, -0.2) is 45.3 Å². The number of benzene rings is 2. The van der Waals surface area contributed by atoms with Gasteiger partial charge in [0.05, 0.1) is 16.4 Å². The van der Waals surface area contributed by atoms with E-state index < -0.39 is 25.9 Å². The third-order valence-electron chi connectivity index (χ3n) is 5.30. The van der Waals surface area contributed by atoms with Gasteiger partial charge in [0.1, 0.15) is 0 Å². The summed E-state index contributed by atoms with van der Waals surface area (Å²) in [5, 5.41) is 3.86. The second-order valence-corrected chi connectivity index (χ2v) is 11.6. The van der Waals surface area contributed by atoms with E-state index in [2.05, 4.69) is 15.0 Å². The highest BCUT2D eigenvalue weighted by Gasteiger charge is 2.31. The van der Waals surface area contributed by atoms with E-state index in [0.29, 0.717) is 18.5 Å². The van der Waals surface area contributed by atoms with Gasteiger partial charge in [-0.2, -0.15) is 0 Å². The Hall–Kier alpha value is -2.69. The van der Waals surface area contributed by atoms with E-state index in [-0.39, 0.29) is 28.7 Å². The summed E-state index contributed by atoms with van der Waals surface area (Å²) >= 11 is 0. The monoisotopic (exact) mass is 461 g/mol. The number of sulfonamides is 1. The molecule has 31 heavy (non-hydrogen) atoms. The summed E-state index contributed by atoms with van der Waals surface area (Å²) in [5.41, 5.74) is 2.58. The molecule has 0 radical (unpaired) electrons. The first kappa shape index (κ1) is 21.5. The number of carbonyl (C=O) groups excluding carboxylic acids is 1. The Morgan fingerprint density at radius 3 is 2.55 bits per heavy atom. The van der Waals surface area contributed by atoms with Crippen molar-refractivity contribution in [2.45, 2.75) is 30.2 Å². The lowest BCUT2D eigenvalue weighted by molar-refractivity contribution is -0.116. The molecule has 164 valence electrons. The van der Waals surface area contributed by atoms with Crippen LogP contribution in [0.15, 0.2) is 59.6 Å². The first-order valence-electron chi connectivity index (χ1n) is 9.89. The van der Waals surface area contributed by atoms with Crippen LogP contribution in [0.4, 0.5) is 5.69 Å². The van der Waals surface area contributed by atoms with Crippen LogP contribution < -0.4 is 10.0 Å². The van der Waals surface area contributed by atoms with E-state index in [4.69, 9.17) is 0 Å². The normalized spacial score (nSPS) is 18.3. The lowest BCUT2D eigenvalue weighted by Crippen LogP contribution is -2.35. The second kappa shape index (κ2) is 8.45. The standard InChI is InChI=1S/C21H23N3O5S2/c25-21(10-5-15-13-22-20-4-2-1-3-19(15)20)23-16-6-8-18(9-7-16)31(28,29)24-17-11-12-30(26,27)14-17/h1-4,6-9,13,17,22,24H,5,10-12,14H2,(H,23,25)/t17-/m0/s1. The zero-order valence-corrected chi connectivity index (χ0v) is 18.3. The van der Waals surface area contributed by atoms with Gasteiger partial charge in [-0.25, -0.2) is 21.6 Å². The van der Waals surface area contributed by atoms with Crippen LogP contribution in [0, 0.1) is 0 Å². The molecule has 4 rings (SSSR count). The average molecular weight is 462 g/mol. The van der Waals surface area contributed by atoms with Gasteiger partial charge >= 0.3 is 0 Å². The molecule has 8 nitrogen and oxygen atoms in total. The predicted octanol–water partition coefficient (Wildman–Crippen LogP) is 2.20. The Kier molecular flexibility index (Phi) is 5.87. The highest BCUT2D eigenvalue weighted by molar-refractivity contribution is 7.92. The van der Waals surface area contributed by atoms with Crippen molar-refractivity contribution in [3.8, 4) is 0 Å². The summed E-state index contributed by atoms with van der Waals surface area (Å²) in [4.78, 5) is 15.5. The molecule has 1 fully saturated rings. The number of aromatic nitrogens is 1. The van der Waals surface area contributed by atoms with Crippen molar-refractivity contribution in [2.75, 3.05) is 16.8 Å². The fourth-order valence-corrected chi connectivity index (χ4v) is 6.75. The van der Waals surface area contributed by atoms with E-state index in [9.17, 15) is 21.6 Å². The van der Waals surface area contributed by atoms with Crippen molar-refractivity contribution in [3.05, 3.63) is 60.3 Å². The highest BCUT2D eigenvalue weighted by atomic mass is 32.2. The van der Waals surface area contributed by atoms with Crippen molar-refractivity contribution in [3.63, 3.8) is 0 Å². The summed E-state index contributed by atoms with van der Waals surface area (Å²) in [7, 11) is -7.01. The fourth-order valence-electron chi connectivity index (χ4n) is 3.70. The molecule has 1 aromatic heterocycles. The minimum atomic E-state index is -3.83. The van der Waals surface area contributed by atoms with Crippen LogP contribution >= 0.6 is 0 Å². The number of H-pyrrole nitrogens is 1. The molecule has 0 bridgehead atoms. The number of carbonyl (C=O) groups is 1. The van der Waals surface area contributed by atoms with E-state index in [1.165, 1.54) is 24.3 Å². The van der Waals surface area contributed by atoms with Crippen LogP contribution in [-0.2, 0) is 31.1 Å². The number of para-hydroxylation sites is 1. The van der Waals surface area contributed by atoms with Crippen LogP contribution in [0.5, 0.6) is 0 Å². The number of rotatable bonds is 7. The lowest BCUT2D eigenvalue weighted by Gasteiger charge is -2.12. The third-order valence-corrected chi connectivity index (χ3v) is 8.60. The Morgan fingerprint density at radius 1 is 1.10 bits per heavy atom. The minimum absolute atomic E-state index is 0.0102. The number of amides is 1. The fraction of sp³-hybridized carbons (Fsp3) is 0.286. The summed E-state index contributed by atoms with van der Waals surface area (Å²) in [6, 6.07) is 13.1. The molecule has 3 N–H and O–H groups in total. The Bertz CT molecular complexity index is 1310. The maximum Gasteiger partial charge on any atom is 0.240 e. The molecular formula is C21H23N3O5S2. The summed E-state index contributed by atoms with van der Waals surface area (Å²) < 4.78 is 50.4. The average Bonchev–Trinajstić information content (AvgIpc) is 3.29. The van der Waals surface area contributed by atoms with E-state index in [1.54, 1.807) is 0 Å². The first-order chi connectivity index (χ1) is 14.7. The van der Waals surface area contributed by atoms with Crippen LogP contribution in [0.1, 0.15) is 18.4 Å². The zero-order valence-electron chi connectivity index (χ0n) is 16.7. The van der Waals surface area contributed by atoms with E-state index in [1.807, 2.05) is 30.5 Å². The van der Waals surface area contributed by atoms with Crippen molar-refractivity contribution >= 4 is 42.4 Å². The van der Waals surface area contributed by atoms with Gasteiger partial charge in [-0.05, 0) is 48.7 Å². The molecule has 1 aliphatic rings. The number of fused-ring (bicyclic) bond motifs is 1. The molecular weight excluding hydrogens is 438 g/mol. The number of sulfone groups is 1. The zero-order chi connectivity index (χ0) is 22.1. The summed E-state index contributed by atoms with van der Waals surface area (Å²) in [5.74, 6) is -0.365. The van der Waals surface area contributed by atoms with Crippen LogP contribution in [0.2, 0.25) is 0 Å².